The van der Waals surface area contributed by atoms with Crippen LogP contribution in [-0.2, 0) is 65.4 Å². The van der Waals surface area contributed by atoms with Crippen LogP contribution in [0.4, 0.5) is 0 Å². The molecule has 3 N–H and O–H groups in total. The number of carbonyl (C=O) groups is 4. The number of rotatable bonds is 85. The van der Waals surface area contributed by atoms with Gasteiger partial charge >= 0.3 is 39.5 Å². The van der Waals surface area contributed by atoms with Gasteiger partial charge in [-0.2, -0.15) is 0 Å². The highest BCUT2D eigenvalue weighted by Crippen LogP contribution is 2.45. The number of aliphatic hydroxyl groups is 1. The number of hydrogen-bond acceptors (Lipinski definition) is 15. The highest BCUT2D eigenvalue weighted by atomic mass is 31.2. The molecular weight excluding hydrogens is 1350 g/mol. The number of esters is 4. The van der Waals surface area contributed by atoms with Crippen molar-refractivity contribution in [1.82, 2.24) is 0 Å². The Kier molecular flexibility index (Phi) is 76.3. The molecule has 0 aliphatic carbocycles. The summed E-state index contributed by atoms with van der Waals surface area (Å²) >= 11 is 0. The Morgan fingerprint density at radius 2 is 0.462 bits per heavy atom. The fraction of sp³-hybridized carbons (Fsp3) is 0.953. The maximum absolute atomic E-state index is 13.1. The molecule has 3 unspecified atom stereocenters. The molecule has 0 heterocycles. The van der Waals surface area contributed by atoms with E-state index in [0.29, 0.717) is 25.7 Å². The van der Waals surface area contributed by atoms with Crippen molar-refractivity contribution in [3.8, 4) is 0 Å². The Balaban J connectivity index is 5.19. The van der Waals surface area contributed by atoms with Gasteiger partial charge in [0.2, 0.25) is 0 Å². The fourth-order valence-electron chi connectivity index (χ4n) is 13.3. The third kappa shape index (κ3) is 76.8. The van der Waals surface area contributed by atoms with Crippen LogP contribution in [0, 0.1) is 5.92 Å². The largest absolute Gasteiger partial charge is 0.472 e. The molecule has 0 amide bonds. The van der Waals surface area contributed by atoms with Crippen LogP contribution in [-0.4, -0.2) is 96.7 Å². The van der Waals surface area contributed by atoms with E-state index in [0.717, 1.165) is 95.8 Å². The molecule has 0 aromatic rings. The van der Waals surface area contributed by atoms with E-state index in [1.807, 2.05) is 0 Å². The average molecular weight is 1520 g/mol. The third-order valence-electron chi connectivity index (χ3n) is 20.4. The van der Waals surface area contributed by atoms with Gasteiger partial charge in [-0.15, -0.1) is 0 Å². The third-order valence-corrected chi connectivity index (χ3v) is 22.3. The topological polar surface area (TPSA) is 237 Å². The SMILES string of the molecule is CCCCCCCCCCCCCCCCCCCCCCCCC(=O)O[C@H](COC(=O)CCCCCCCCCCCCCCCCCCCCCC)COP(=O)(O)OC[C@@H](O)COP(=O)(O)OC[C@@H](COC(=O)CCCCCCCCCCCC)OC(=O)CCCCCCCCCCC(C)CC. The van der Waals surface area contributed by atoms with E-state index in [9.17, 15) is 43.2 Å². The first-order valence-electron chi connectivity index (χ1n) is 44.2. The van der Waals surface area contributed by atoms with Gasteiger partial charge in [0.1, 0.15) is 19.3 Å². The molecule has 6 atom stereocenters. The molecule has 0 spiro atoms. The molecule has 618 valence electrons. The van der Waals surface area contributed by atoms with Crippen molar-refractivity contribution in [3.05, 3.63) is 0 Å². The van der Waals surface area contributed by atoms with E-state index in [-0.39, 0.29) is 25.7 Å². The lowest BCUT2D eigenvalue weighted by Gasteiger charge is -2.21. The number of unbranched alkanes of at least 4 members (excludes halogenated alkanes) is 56. The van der Waals surface area contributed by atoms with E-state index in [1.54, 1.807) is 0 Å². The summed E-state index contributed by atoms with van der Waals surface area (Å²) in [5.41, 5.74) is 0. The molecule has 104 heavy (non-hydrogen) atoms. The van der Waals surface area contributed by atoms with Crippen molar-refractivity contribution in [1.29, 1.82) is 0 Å². The van der Waals surface area contributed by atoms with Gasteiger partial charge in [-0.1, -0.05) is 407 Å². The Bertz CT molecular complexity index is 1980. The summed E-state index contributed by atoms with van der Waals surface area (Å²) in [6.07, 6.45) is 71.0. The van der Waals surface area contributed by atoms with Crippen LogP contribution in [0.25, 0.3) is 0 Å². The van der Waals surface area contributed by atoms with E-state index in [1.165, 1.54) is 283 Å². The predicted octanol–water partition coefficient (Wildman–Crippen LogP) is 26.0. The summed E-state index contributed by atoms with van der Waals surface area (Å²) < 4.78 is 68.8. The quantitative estimate of drug-likeness (QED) is 0.0222. The Morgan fingerprint density at radius 1 is 0.269 bits per heavy atom. The number of carbonyl (C=O) groups excluding carboxylic acids is 4. The highest BCUT2D eigenvalue weighted by Gasteiger charge is 2.30. The summed E-state index contributed by atoms with van der Waals surface area (Å²) in [5, 5.41) is 10.7. The first-order valence-corrected chi connectivity index (χ1v) is 47.2. The van der Waals surface area contributed by atoms with Crippen molar-refractivity contribution in [2.24, 2.45) is 5.92 Å². The van der Waals surface area contributed by atoms with Crippen LogP contribution < -0.4 is 0 Å². The molecule has 0 aliphatic rings. The van der Waals surface area contributed by atoms with Crippen molar-refractivity contribution in [2.75, 3.05) is 39.6 Å². The second-order valence-corrected chi connectivity index (χ2v) is 33.7. The maximum Gasteiger partial charge on any atom is 0.472 e. The zero-order valence-electron chi connectivity index (χ0n) is 68.2. The van der Waals surface area contributed by atoms with Gasteiger partial charge in [-0.25, -0.2) is 9.13 Å². The summed E-state index contributed by atoms with van der Waals surface area (Å²) in [6, 6.07) is 0. The molecule has 17 nitrogen and oxygen atoms in total. The Labute approximate surface area is 638 Å². The van der Waals surface area contributed by atoms with Crippen molar-refractivity contribution >= 4 is 39.5 Å². The molecule has 0 saturated heterocycles. The van der Waals surface area contributed by atoms with Crippen LogP contribution in [0.2, 0.25) is 0 Å². The van der Waals surface area contributed by atoms with Crippen LogP contribution in [0.15, 0.2) is 0 Å². The van der Waals surface area contributed by atoms with Gasteiger partial charge in [-0.05, 0) is 31.6 Å². The molecule has 0 aromatic carbocycles. The van der Waals surface area contributed by atoms with Crippen molar-refractivity contribution < 1.29 is 80.2 Å². The Morgan fingerprint density at radius 3 is 0.683 bits per heavy atom. The molecule has 0 bridgehead atoms. The summed E-state index contributed by atoms with van der Waals surface area (Å²) in [6.45, 7) is 7.33. The molecule has 0 saturated carbocycles. The summed E-state index contributed by atoms with van der Waals surface area (Å²) in [7, 11) is -9.92. The molecule has 0 aromatic heterocycles. The van der Waals surface area contributed by atoms with Gasteiger partial charge in [0.25, 0.3) is 0 Å². The van der Waals surface area contributed by atoms with Gasteiger partial charge in [0.05, 0.1) is 26.4 Å². The standard InChI is InChI=1S/C85H166O17P2/c1-6-10-13-16-19-22-25-27-29-31-33-35-36-38-40-42-44-46-49-55-60-65-70-84(89)101-80(74-96-83(88)69-64-59-54-48-45-43-41-39-37-34-32-30-28-26-23-20-17-14-11-7-2)76-99-103(91,92)97-72-79(86)73-98-104(93,94)100-77-81(75-95-82(87)68-63-58-53-47-24-21-18-15-12-8-3)102-85(90)71-66-61-56-51-50-52-57-62-67-78(5)9-4/h78-81,86H,6-77H2,1-5H3,(H,91,92)(H,93,94)/t78?,79-,80-,81-/m1/s1. The van der Waals surface area contributed by atoms with E-state index >= 15 is 0 Å². The minimum Gasteiger partial charge on any atom is -0.462 e. The lowest BCUT2D eigenvalue weighted by molar-refractivity contribution is -0.161. The monoisotopic (exact) mass is 1520 g/mol. The molecular formula is C85H166O17P2. The van der Waals surface area contributed by atoms with Crippen LogP contribution >= 0.6 is 15.6 Å². The van der Waals surface area contributed by atoms with Crippen molar-refractivity contribution in [2.45, 2.75) is 477 Å². The second-order valence-electron chi connectivity index (χ2n) is 30.8. The highest BCUT2D eigenvalue weighted by molar-refractivity contribution is 7.47. The lowest BCUT2D eigenvalue weighted by Crippen LogP contribution is -2.30. The van der Waals surface area contributed by atoms with Crippen LogP contribution in [0.5, 0.6) is 0 Å². The number of phosphoric ester groups is 2. The first kappa shape index (κ1) is 102. The second kappa shape index (κ2) is 77.8. The minimum atomic E-state index is -4.96. The van der Waals surface area contributed by atoms with Gasteiger partial charge < -0.3 is 33.8 Å². The van der Waals surface area contributed by atoms with E-state index < -0.39 is 97.5 Å². The normalized spacial score (nSPS) is 14.0. The van der Waals surface area contributed by atoms with Crippen LogP contribution in [0.3, 0.4) is 0 Å². The predicted molar refractivity (Wildman–Crippen MR) is 428 cm³/mol. The van der Waals surface area contributed by atoms with Gasteiger partial charge in [-0.3, -0.25) is 37.3 Å². The van der Waals surface area contributed by atoms with Gasteiger partial charge in [0.15, 0.2) is 12.2 Å². The summed E-state index contributed by atoms with van der Waals surface area (Å²) in [5.74, 6) is -1.34. The lowest BCUT2D eigenvalue weighted by atomic mass is 9.99. The molecule has 0 fully saturated rings. The number of ether oxygens (including phenoxy) is 4. The van der Waals surface area contributed by atoms with Crippen LogP contribution in [0.1, 0.15) is 458 Å². The summed E-state index contributed by atoms with van der Waals surface area (Å²) in [4.78, 5) is 73.1. The van der Waals surface area contributed by atoms with Crippen molar-refractivity contribution in [3.63, 3.8) is 0 Å². The fourth-order valence-corrected chi connectivity index (χ4v) is 14.8. The molecule has 0 aliphatic heterocycles. The maximum atomic E-state index is 13.1. The molecule has 0 radical (unpaired) electrons. The van der Waals surface area contributed by atoms with E-state index in [2.05, 4.69) is 34.6 Å². The first-order chi connectivity index (χ1) is 50.6. The Hall–Kier alpha value is -1.94. The molecule has 19 heteroatoms. The smallest absolute Gasteiger partial charge is 0.462 e. The average Bonchev–Trinajstić information content (AvgIpc) is 0.915. The zero-order chi connectivity index (χ0) is 76.2. The minimum absolute atomic E-state index is 0.106. The number of hydrogen-bond donors (Lipinski definition) is 3. The van der Waals surface area contributed by atoms with E-state index in [4.69, 9.17) is 37.0 Å². The molecule has 0 rings (SSSR count). The zero-order valence-corrected chi connectivity index (χ0v) is 70.0. The van der Waals surface area contributed by atoms with Gasteiger partial charge in [0, 0.05) is 25.7 Å². The number of aliphatic hydroxyl groups excluding tert-OH is 1. The number of phosphoric acid groups is 2.